The summed E-state index contributed by atoms with van der Waals surface area (Å²) in [6, 6.07) is 25.7. The highest BCUT2D eigenvalue weighted by Gasteiger charge is 2.34. The van der Waals surface area contributed by atoms with Crippen LogP contribution in [0, 0.1) is 11.6 Å². The molecular weight excluding hydrogens is 1030 g/mol. The molecule has 0 spiro atoms. The Bertz CT molecular complexity index is 3020. The summed E-state index contributed by atoms with van der Waals surface area (Å²) in [6.07, 6.45) is 1.99. The highest BCUT2D eigenvalue weighted by molar-refractivity contribution is 7.92. The third-order valence-electron chi connectivity index (χ3n) is 11.6. The van der Waals surface area contributed by atoms with E-state index in [9.17, 15) is 22.3 Å². The molecule has 0 saturated heterocycles. The summed E-state index contributed by atoms with van der Waals surface area (Å²) in [4.78, 5) is 13.1. The van der Waals surface area contributed by atoms with Crippen LogP contribution in [0.15, 0.2) is 119 Å². The van der Waals surface area contributed by atoms with Crippen LogP contribution in [-0.4, -0.2) is 145 Å². The van der Waals surface area contributed by atoms with Gasteiger partial charge in [-0.25, -0.2) is 32.2 Å². The summed E-state index contributed by atoms with van der Waals surface area (Å²) >= 11 is 0. The molecule has 1 atom stereocenters. The van der Waals surface area contributed by atoms with Gasteiger partial charge in [-0.2, -0.15) is 0 Å². The Hall–Kier alpha value is -6.60. The lowest BCUT2D eigenvalue weighted by atomic mass is 10.2. The Labute approximate surface area is 452 Å². The van der Waals surface area contributed by atoms with Crippen molar-refractivity contribution in [1.82, 2.24) is 25.6 Å². The molecule has 0 amide bonds. The molecule has 0 aliphatic carbocycles. The number of oxazole rings is 1. The van der Waals surface area contributed by atoms with Crippen LogP contribution in [-0.2, 0) is 46.7 Å². The first kappa shape index (κ1) is 59.1. The molecule has 420 valence electrons. The second-order valence-corrected chi connectivity index (χ2v) is 21.3. The highest BCUT2D eigenvalue weighted by Crippen LogP contribution is 2.38. The molecule has 0 aliphatic heterocycles. The normalized spacial score (nSPS) is 12.3. The van der Waals surface area contributed by atoms with Gasteiger partial charge >= 0.3 is 0 Å². The predicted octanol–water partition coefficient (Wildman–Crippen LogP) is 7.60. The smallest absolute Gasteiger partial charge is 0.186 e. The number of hydrogen-bond acceptors (Lipinski definition) is 19. The number of hydrogen-bond donors (Lipinski definition) is 4. The highest BCUT2D eigenvalue weighted by atomic mass is 32.2. The molecule has 0 unspecified atom stereocenters. The van der Waals surface area contributed by atoms with E-state index in [1.165, 1.54) is 37.0 Å². The molecule has 22 heteroatoms. The van der Waals surface area contributed by atoms with Gasteiger partial charge in [-0.15, -0.1) is 0 Å². The number of fused-ring (bicyclic) bond motifs is 2. The fourth-order valence-corrected chi connectivity index (χ4v) is 8.65. The van der Waals surface area contributed by atoms with Crippen LogP contribution < -0.4 is 34.9 Å². The Morgan fingerprint density at radius 1 is 0.590 bits per heavy atom. The maximum Gasteiger partial charge on any atom is 0.186 e. The lowest BCUT2D eigenvalue weighted by Crippen LogP contribution is -2.33. The van der Waals surface area contributed by atoms with Crippen molar-refractivity contribution in [2.45, 2.75) is 49.7 Å². The summed E-state index contributed by atoms with van der Waals surface area (Å²) in [5, 5.41) is 20.7. The molecular formula is C56H68F2N6O13S. The molecule has 2 aromatic heterocycles. The van der Waals surface area contributed by atoms with Gasteiger partial charge in [0.25, 0.3) is 0 Å². The van der Waals surface area contributed by atoms with Crippen LogP contribution in [0.25, 0.3) is 22.0 Å². The summed E-state index contributed by atoms with van der Waals surface area (Å²) < 4.78 is 111. The fraction of sp³-hybridized carbons (Fsp3) is 0.411. The van der Waals surface area contributed by atoms with Crippen LogP contribution in [0.3, 0.4) is 0 Å². The quantitative estimate of drug-likeness (QED) is 0.0277. The van der Waals surface area contributed by atoms with Crippen LogP contribution in [0.2, 0.25) is 0 Å². The van der Waals surface area contributed by atoms with Crippen molar-refractivity contribution >= 4 is 43.3 Å². The summed E-state index contributed by atoms with van der Waals surface area (Å²) in [7, 11) is -3.83. The topological polar surface area (TPSA) is 225 Å². The first-order valence-electron chi connectivity index (χ1n) is 25.6. The zero-order chi connectivity index (χ0) is 55.0. The van der Waals surface area contributed by atoms with Crippen molar-refractivity contribution in [2.75, 3.05) is 111 Å². The number of benzene rings is 5. The molecule has 0 saturated carbocycles. The lowest BCUT2D eigenvalue weighted by molar-refractivity contribution is -0.0107. The van der Waals surface area contributed by atoms with Crippen LogP contribution in [0.5, 0.6) is 23.0 Å². The van der Waals surface area contributed by atoms with Crippen molar-refractivity contribution in [3.05, 3.63) is 133 Å². The second kappa shape index (κ2) is 30.5. The van der Waals surface area contributed by atoms with Crippen molar-refractivity contribution in [1.29, 1.82) is 0 Å². The number of nitrogens with one attached hydrogen (secondary N) is 3. The Balaban J connectivity index is 0.669. The standard InChI is InChI=1S/C56H68F2N6O13S/c1-56(2,3)78(66,67)54-32-47-48(61-38-62-55(47)64-44-12-14-50-49(30-44)63-39-77-50)33-53(54)73-21-18-59-16-19-68-22-24-70-26-28-72-29-27-71-25-23-69-20-17-60-34-45(65)37-74-46-13-15-51(75-35-40-4-8-42(57)9-5-40)52(31-46)76-36-41-6-10-43(58)11-7-41/h4-15,30-33,38-39,45,59-60,65H,16-29,34-37H2,1-3H3,(H,61,62,64)/t45-/m1/s1. The molecule has 19 nitrogen and oxygen atoms in total. The number of aromatic nitrogens is 3. The molecule has 78 heavy (non-hydrogen) atoms. The third-order valence-corrected chi connectivity index (χ3v) is 14.1. The lowest BCUT2D eigenvalue weighted by Gasteiger charge is -2.22. The number of halogens is 2. The van der Waals surface area contributed by atoms with E-state index < -0.39 is 20.7 Å². The van der Waals surface area contributed by atoms with Crippen molar-refractivity contribution in [3.8, 4) is 23.0 Å². The van der Waals surface area contributed by atoms with Crippen molar-refractivity contribution < 1.29 is 69.4 Å². The number of anilines is 2. The molecule has 5 aromatic carbocycles. The van der Waals surface area contributed by atoms with Crippen LogP contribution in [0.4, 0.5) is 20.3 Å². The van der Waals surface area contributed by atoms with Crippen molar-refractivity contribution in [3.63, 3.8) is 0 Å². The average molecular weight is 1100 g/mol. The summed E-state index contributed by atoms with van der Waals surface area (Å²) in [5.41, 5.74) is 4.06. The summed E-state index contributed by atoms with van der Waals surface area (Å²) in [5.74, 6) is 1.26. The third kappa shape index (κ3) is 18.8. The monoisotopic (exact) mass is 1100 g/mol. The number of nitrogens with zero attached hydrogens (tertiary/aromatic N) is 3. The van der Waals surface area contributed by atoms with E-state index in [0.29, 0.717) is 136 Å². The van der Waals surface area contributed by atoms with E-state index in [2.05, 4.69) is 30.9 Å². The maximum absolute atomic E-state index is 13.8. The van der Waals surface area contributed by atoms with Gasteiger partial charge in [0.15, 0.2) is 33.3 Å². The van der Waals surface area contributed by atoms with Gasteiger partial charge in [0, 0.05) is 49.4 Å². The van der Waals surface area contributed by atoms with Gasteiger partial charge in [-0.1, -0.05) is 24.3 Å². The van der Waals surface area contributed by atoms with E-state index in [1.807, 2.05) is 12.1 Å². The van der Waals surface area contributed by atoms with Crippen LogP contribution in [0.1, 0.15) is 31.9 Å². The SMILES string of the molecule is CC(C)(C)S(=O)(=O)c1cc2c(Nc3ccc4ocnc4c3)ncnc2cc1OCCNCCOCCOCCOCCOCCOCCNC[C@@H](O)COc1ccc(OCc2ccc(F)cc2)c(OCc2ccc(F)cc2)c1. The van der Waals surface area contributed by atoms with E-state index >= 15 is 0 Å². The Morgan fingerprint density at radius 2 is 1.18 bits per heavy atom. The van der Waals surface area contributed by atoms with Gasteiger partial charge in [0.05, 0.1) is 76.3 Å². The molecule has 0 radical (unpaired) electrons. The minimum Gasteiger partial charge on any atom is -0.491 e. The predicted molar refractivity (Wildman–Crippen MR) is 289 cm³/mol. The Kier molecular flexibility index (Phi) is 23.1. The fourth-order valence-electron chi connectivity index (χ4n) is 7.33. The van der Waals surface area contributed by atoms with E-state index in [4.69, 9.17) is 47.0 Å². The maximum atomic E-state index is 13.8. The molecule has 7 rings (SSSR count). The van der Waals surface area contributed by atoms with Crippen LogP contribution >= 0.6 is 0 Å². The average Bonchev–Trinajstić information content (AvgIpc) is 3.96. The van der Waals surface area contributed by atoms with Gasteiger partial charge in [0.1, 0.15) is 78.2 Å². The second-order valence-electron chi connectivity index (χ2n) is 18.6. The first-order valence-corrected chi connectivity index (χ1v) is 27.1. The minimum atomic E-state index is -3.83. The molecule has 0 bridgehead atoms. The summed E-state index contributed by atoms with van der Waals surface area (Å²) in [6.45, 7) is 11.5. The van der Waals surface area contributed by atoms with E-state index in [1.54, 1.807) is 81.4 Å². The molecule has 4 N–H and O–H groups in total. The number of aliphatic hydroxyl groups excluding tert-OH is 1. The number of ether oxygens (including phenoxy) is 9. The largest absolute Gasteiger partial charge is 0.491 e. The Morgan fingerprint density at radius 3 is 1.81 bits per heavy atom. The number of rotatable bonds is 36. The number of aliphatic hydroxyl groups is 1. The van der Waals surface area contributed by atoms with E-state index in [0.717, 1.165) is 11.1 Å². The molecule has 2 heterocycles. The van der Waals surface area contributed by atoms with E-state index in [-0.39, 0.29) is 55.3 Å². The first-order chi connectivity index (χ1) is 37.8. The zero-order valence-electron chi connectivity index (χ0n) is 44.0. The van der Waals surface area contributed by atoms with Crippen molar-refractivity contribution in [2.24, 2.45) is 0 Å². The number of sulfone groups is 1. The van der Waals surface area contributed by atoms with Gasteiger partial charge in [-0.3, -0.25) is 0 Å². The molecule has 0 aliphatic rings. The minimum absolute atomic E-state index is 0.0218. The molecule has 0 fully saturated rings. The van der Waals surface area contributed by atoms with Gasteiger partial charge in [0.2, 0.25) is 0 Å². The van der Waals surface area contributed by atoms with Gasteiger partial charge < -0.3 is 68.1 Å². The molecule has 7 aromatic rings. The zero-order valence-corrected chi connectivity index (χ0v) is 44.9. The van der Waals surface area contributed by atoms with Gasteiger partial charge in [-0.05, 0) is 92.6 Å².